The van der Waals surface area contributed by atoms with Crippen LogP contribution in [0.4, 0.5) is 4.39 Å². The molecular weight excluding hydrogens is 413 g/mol. The number of halogens is 1. The summed E-state index contributed by atoms with van der Waals surface area (Å²) in [7, 11) is -3.75. The minimum Gasteiger partial charge on any atom is -0.339 e. The Morgan fingerprint density at radius 2 is 1.90 bits per heavy atom. The van der Waals surface area contributed by atoms with Gasteiger partial charge >= 0.3 is 0 Å². The van der Waals surface area contributed by atoms with E-state index in [1.165, 1.54) is 27.4 Å². The Hall–Kier alpha value is -1.81. The summed E-state index contributed by atoms with van der Waals surface area (Å²) < 4.78 is 40.2. The van der Waals surface area contributed by atoms with Gasteiger partial charge in [-0.3, -0.25) is 9.69 Å². The lowest BCUT2D eigenvalue weighted by molar-refractivity contribution is -0.133. The largest absolute Gasteiger partial charge is 0.339 e. The zero-order valence-electron chi connectivity index (χ0n) is 16.0. The maximum absolute atomic E-state index is 13.4. The molecule has 0 unspecified atom stereocenters. The first-order valence-electron chi connectivity index (χ1n) is 9.76. The lowest BCUT2D eigenvalue weighted by atomic mass is 10.2. The highest BCUT2D eigenvalue weighted by Gasteiger charge is 2.33. The van der Waals surface area contributed by atoms with Crippen molar-refractivity contribution in [1.82, 2.24) is 14.1 Å². The van der Waals surface area contributed by atoms with Crippen LogP contribution < -0.4 is 0 Å². The molecule has 1 atom stereocenters. The van der Waals surface area contributed by atoms with E-state index in [0.29, 0.717) is 25.7 Å². The third-order valence-corrected chi connectivity index (χ3v) is 8.47. The number of amides is 1. The molecule has 0 radical (unpaired) electrons. The zero-order valence-corrected chi connectivity index (χ0v) is 17.7. The van der Waals surface area contributed by atoms with Crippen LogP contribution in [0.3, 0.4) is 0 Å². The van der Waals surface area contributed by atoms with Crippen molar-refractivity contribution < 1.29 is 17.6 Å². The molecule has 9 heteroatoms. The van der Waals surface area contributed by atoms with Crippen molar-refractivity contribution in [2.45, 2.75) is 23.8 Å². The Balaban J connectivity index is 1.35. The average Bonchev–Trinajstić information content (AvgIpc) is 3.39. The second-order valence-electron chi connectivity index (χ2n) is 7.39. The standard InChI is InChI=1S/C20H24FN3O3S2/c21-16-4-1-5-17(14-16)29(26,27)24-11-9-22(10-12-24)20(25)15-23-8-2-6-18(23)19-7-3-13-28-19/h1,3-5,7,13-14,18H,2,6,8-12,15H2/t18-/m1/s1. The molecule has 1 amide bonds. The van der Waals surface area contributed by atoms with Gasteiger partial charge in [-0.25, -0.2) is 12.8 Å². The van der Waals surface area contributed by atoms with Gasteiger partial charge in [-0.1, -0.05) is 12.1 Å². The summed E-state index contributed by atoms with van der Waals surface area (Å²) in [6.45, 7) is 2.41. The summed E-state index contributed by atoms with van der Waals surface area (Å²) in [6.07, 6.45) is 2.14. The second-order valence-corrected chi connectivity index (χ2v) is 10.3. The summed E-state index contributed by atoms with van der Waals surface area (Å²) in [6, 6.07) is 9.50. The fourth-order valence-electron chi connectivity index (χ4n) is 4.05. The van der Waals surface area contributed by atoms with E-state index in [-0.39, 0.29) is 23.9 Å². The number of hydrogen-bond acceptors (Lipinski definition) is 5. The van der Waals surface area contributed by atoms with Crippen LogP contribution in [0, 0.1) is 5.82 Å². The first-order valence-corrected chi connectivity index (χ1v) is 12.1. The van der Waals surface area contributed by atoms with Gasteiger partial charge in [0.25, 0.3) is 0 Å². The third kappa shape index (κ3) is 4.37. The van der Waals surface area contributed by atoms with E-state index in [1.54, 1.807) is 16.2 Å². The predicted octanol–water partition coefficient (Wildman–Crippen LogP) is 2.56. The van der Waals surface area contributed by atoms with Gasteiger partial charge in [0.2, 0.25) is 15.9 Å². The molecule has 4 rings (SSSR count). The molecule has 2 saturated heterocycles. The van der Waals surface area contributed by atoms with Crippen molar-refractivity contribution >= 4 is 27.3 Å². The number of thiophene rings is 1. The SMILES string of the molecule is O=C(CN1CCC[C@@H]1c1cccs1)N1CCN(S(=O)(=O)c2cccc(F)c2)CC1. The molecule has 0 aliphatic carbocycles. The smallest absolute Gasteiger partial charge is 0.243 e. The number of carbonyl (C=O) groups excluding carboxylic acids is 1. The Labute approximate surface area is 174 Å². The van der Waals surface area contributed by atoms with Crippen molar-refractivity contribution in [3.8, 4) is 0 Å². The summed E-state index contributed by atoms with van der Waals surface area (Å²) >= 11 is 1.72. The molecule has 2 fully saturated rings. The van der Waals surface area contributed by atoms with Crippen molar-refractivity contribution in [3.05, 3.63) is 52.5 Å². The van der Waals surface area contributed by atoms with E-state index in [9.17, 15) is 17.6 Å². The lowest BCUT2D eigenvalue weighted by Crippen LogP contribution is -2.52. The number of rotatable bonds is 5. The first-order chi connectivity index (χ1) is 13.9. The summed E-state index contributed by atoms with van der Waals surface area (Å²) in [5.74, 6) is -0.540. The van der Waals surface area contributed by atoms with Crippen LogP contribution >= 0.6 is 11.3 Å². The van der Waals surface area contributed by atoms with Crippen molar-refractivity contribution in [2.75, 3.05) is 39.3 Å². The molecule has 0 bridgehead atoms. The first kappa shape index (κ1) is 20.5. The molecule has 0 spiro atoms. The number of sulfonamides is 1. The predicted molar refractivity (Wildman–Crippen MR) is 110 cm³/mol. The number of piperazine rings is 1. The van der Waals surface area contributed by atoms with Crippen LogP contribution in [0.15, 0.2) is 46.7 Å². The minimum atomic E-state index is -3.75. The van der Waals surface area contributed by atoms with Gasteiger partial charge in [-0.05, 0) is 49.0 Å². The monoisotopic (exact) mass is 437 g/mol. The number of nitrogens with zero attached hydrogens (tertiary/aromatic N) is 3. The zero-order chi connectivity index (χ0) is 20.4. The molecule has 6 nitrogen and oxygen atoms in total. The summed E-state index contributed by atoms with van der Waals surface area (Å²) in [5, 5.41) is 2.06. The van der Waals surface area contributed by atoms with Crippen LogP contribution in [0.1, 0.15) is 23.8 Å². The number of carbonyl (C=O) groups is 1. The van der Waals surface area contributed by atoms with Crippen LogP contribution in [-0.2, 0) is 14.8 Å². The van der Waals surface area contributed by atoms with Crippen LogP contribution in [-0.4, -0.2) is 67.7 Å². The highest BCUT2D eigenvalue weighted by atomic mass is 32.2. The van der Waals surface area contributed by atoms with Gasteiger partial charge in [-0.2, -0.15) is 4.31 Å². The third-order valence-electron chi connectivity index (χ3n) is 5.60. The topological polar surface area (TPSA) is 60.9 Å². The van der Waals surface area contributed by atoms with Crippen LogP contribution in [0.5, 0.6) is 0 Å². The maximum Gasteiger partial charge on any atom is 0.243 e. The van der Waals surface area contributed by atoms with Gasteiger partial charge in [0.05, 0.1) is 11.4 Å². The van der Waals surface area contributed by atoms with E-state index in [0.717, 1.165) is 25.5 Å². The fraction of sp³-hybridized carbons (Fsp3) is 0.450. The summed E-state index contributed by atoms with van der Waals surface area (Å²) in [4.78, 5) is 18.0. The highest BCUT2D eigenvalue weighted by molar-refractivity contribution is 7.89. The minimum absolute atomic E-state index is 0.0382. The molecular formula is C20H24FN3O3S2. The number of likely N-dealkylation sites (tertiary alicyclic amines) is 1. The van der Waals surface area contributed by atoms with Gasteiger partial charge in [0.1, 0.15) is 5.82 Å². The normalized spacial score (nSPS) is 21.6. The molecule has 1 aromatic heterocycles. The van der Waals surface area contributed by atoms with Crippen molar-refractivity contribution in [2.24, 2.45) is 0 Å². The molecule has 29 heavy (non-hydrogen) atoms. The Morgan fingerprint density at radius 1 is 1.10 bits per heavy atom. The van der Waals surface area contributed by atoms with Crippen LogP contribution in [0.2, 0.25) is 0 Å². The molecule has 156 valence electrons. The van der Waals surface area contributed by atoms with E-state index >= 15 is 0 Å². The maximum atomic E-state index is 13.4. The molecule has 0 N–H and O–H groups in total. The van der Waals surface area contributed by atoms with Gasteiger partial charge in [0, 0.05) is 37.1 Å². The molecule has 1 aromatic carbocycles. The van der Waals surface area contributed by atoms with Gasteiger partial charge < -0.3 is 4.90 Å². The Morgan fingerprint density at radius 3 is 2.59 bits per heavy atom. The fourth-order valence-corrected chi connectivity index (χ4v) is 6.40. The molecule has 2 aliphatic heterocycles. The molecule has 2 aromatic rings. The van der Waals surface area contributed by atoms with Crippen molar-refractivity contribution in [1.29, 1.82) is 0 Å². The van der Waals surface area contributed by atoms with Gasteiger partial charge in [0.15, 0.2) is 0 Å². The number of hydrogen-bond donors (Lipinski definition) is 0. The van der Waals surface area contributed by atoms with Crippen LogP contribution in [0.25, 0.3) is 0 Å². The second kappa shape index (κ2) is 8.51. The van der Waals surface area contributed by atoms with Crippen molar-refractivity contribution in [3.63, 3.8) is 0 Å². The van der Waals surface area contributed by atoms with E-state index < -0.39 is 15.8 Å². The Bertz CT molecular complexity index is 957. The van der Waals surface area contributed by atoms with E-state index in [1.807, 2.05) is 6.07 Å². The quantitative estimate of drug-likeness (QED) is 0.721. The molecule has 2 aliphatic rings. The summed E-state index contributed by atoms with van der Waals surface area (Å²) in [5.41, 5.74) is 0. The lowest BCUT2D eigenvalue weighted by Gasteiger charge is -2.35. The number of benzene rings is 1. The highest BCUT2D eigenvalue weighted by Crippen LogP contribution is 2.34. The average molecular weight is 438 g/mol. The van der Waals surface area contributed by atoms with E-state index in [2.05, 4.69) is 16.3 Å². The molecule has 0 saturated carbocycles. The molecule has 3 heterocycles. The van der Waals surface area contributed by atoms with Gasteiger partial charge in [-0.15, -0.1) is 11.3 Å². The Kier molecular flexibility index (Phi) is 6.00. The van der Waals surface area contributed by atoms with E-state index in [4.69, 9.17) is 0 Å².